The number of carbonyl (C=O) groups is 3. The third-order valence-electron chi connectivity index (χ3n) is 10.2. The van der Waals surface area contributed by atoms with Crippen molar-refractivity contribution < 1.29 is 19.1 Å². The quantitative estimate of drug-likeness (QED) is 0.194. The van der Waals surface area contributed by atoms with Gasteiger partial charge in [-0.25, -0.2) is 9.78 Å². The summed E-state index contributed by atoms with van der Waals surface area (Å²) in [6.45, 7) is 11.8. The van der Waals surface area contributed by atoms with Gasteiger partial charge in [0.1, 0.15) is 11.9 Å². The molecule has 5 rings (SSSR count). The van der Waals surface area contributed by atoms with E-state index in [1.807, 2.05) is 70.2 Å². The van der Waals surface area contributed by atoms with E-state index in [9.17, 15) is 14.4 Å². The Morgan fingerprint density at radius 1 is 1.04 bits per heavy atom. The number of amides is 4. The van der Waals surface area contributed by atoms with Gasteiger partial charge in [-0.05, 0) is 80.2 Å². The first-order chi connectivity index (χ1) is 22.4. The van der Waals surface area contributed by atoms with Gasteiger partial charge in [0.15, 0.2) is 0 Å². The molecule has 1 aromatic heterocycles. The molecule has 0 bridgehead atoms. The first-order valence-corrected chi connectivity index (χ1v) is 17.2. The van der Waals surface area contributed by atoms with Crippen molar-refractivity contribution in [2.24, 2.45) is 11.3 Å². The maximum atomic E-state index is 14.2. The van der Waals surface area contributed by atoms with Crippen LogP contribution < -0.4 is 16.0 Å². The second kappa shape index (κ2) is 14.2. The zero-order valence-corrected chi connectivity index (χ0v) is 29.2. The molecule has 11 heteroatoms. The molecule has 4 amide bonds. The van der Waals surface area contributed by atoms with Crippen molar-refractivity contribution in [1.29, 1.82) is 0 Å². The van der Waals surface area contributed by atoms with Crippen molar-refractivity contribution >= 4 is 40.5 Å². The van der Waals surface area contributed by atoms with E-state index in [4.69, 9.17) is 21.3 Å². The average Bonchev–Trinajstić information content (AvgIpc) is 3.65. The number of fused-ring (bicyclic) bond motifs is 1. The van der Waals surface area contributed by atoms with Gasteiger partial charge < -0.3 is 30.6 Å². The van der Waals surface area contributed by atoms with Crippen molar-refractivity contribution in [1.82, 2.24) is 30.8 Å². The summed E-state index contributed by atoms with van der Waals surface area (Å²) < 4.78 is 5.70. The highest BCUT2D eigenvalue weighted by Gasteiger charge is 2.51. The number of H-pyrrole nitrogens is 1. The number of aromatic nitrogens is 2. The average molecular weight is 665 g/mol. The summed E-state index contributed by atoms with van der Waals surface area (Å²) in [6.07, 6.45) is 2.99. The second-order valence-corrected chi connectivity index (χ2v) is 14.1. The highest BCUT2D eigenvalue weighted by atomic mass is 35.5. The lowest BCUT2D eigenvalue weighted by molar-refractivity contribution is -0.135. The van der Waals surface area contributed by atoms with E-state index in [-0.39, 0.29) is 35.1 Å². The van der Waals surface area contributed by atoms with Crippen LogP contribution in [-0.2, 0) is 19.7 Å². The van der Waals surface area contributed by atoms with Gasteiger partial charge in [0.25, 0.3) is 0 Å². The summed E-state index contributed by atoms with van der Waals surface area (Å²) in [5.74, 6) is 0.0530. The van der Waals surface area contributed by atoms with Crippen LogP contribution in [0, 0.1) is 11.3 Å². The molecule has 254 valence electrons. The highest BCUT2D eigenvalue weighted by molar-refractivity contribution is 6.31. The highest BCUT2D eigenvalue weighted by Crippen LogP contribution is 2.60. The normalized spacial score (nSPS) is 18.6. The summed E-state index contributed by atoms with van der Waals surface area (Å²) in [5.41, 5.74) is 2.36. The molecule has 47 heavy (non-hydrogen) atoms. The summed E-state index contributed by atoms with van der Waals surface area (Å²) in [6, 6.07) is 12.4. The Kier molecular flexibility index (Phi) is 10.5. The van der Waals surface area contributed by atoms with Crippen LogP contribution in [0.3, 0.4) is 0 Å². The van der Waals surface area contributed by atoms with Gasteiger partial charge in [0.05, 0.1) is 22.5 Å². The molecule has 10 nitrogen and oxygen atoms in total. The number of hydrogen-bond acceptors (Lipinski definition) is 5. The lowest BCUT2D eigenvalue weighted by Crippen LogP contribution is -2.56. The Bertz CT molecular complexity index is 1600. The van der Waals surface area contributed by atoms with Crippen LogP contribution in [0.1, 0.15) is 89.2 Å². The predicted molar refractivity (Wildman–Crippen MR) is 184 cm³/mol. The van der Waals surface area contributed by atoms with Crippen LogP contribution in [-0.4, -0.2) is 72.1 Å². The number of carbonyl (C=O) groups excluding carboxylic acids is 3. The van der Waals surface area contributed by atoms with E-state index >= 15 is 0 Å². The molecule has 2 fully saturated rings. The molecule has 1 aliphatic carbocycles. The maximum Gasteiger partial charge on any atom is 0.317 e. The van der Waals surface area contributed by atoms with Crippen LogP contribution in [0.5, 0.6) is 0 Å². The molecule has 2 aromatic carbocycles. The molecule has 4 N–H and O–H groups in total. The van der Waals surface area contributed by atoms with Gasteiger partial charge in [-0.3, -0.25) is 9.59 Å². The smallest absolute Gasteiger partial charge is 0.317 e. The Morgan fingerprint density at radius 2 is 1.74 bits per heavy atom. The van der Waals surface area contributed by atoms with E-state index in [2.05, 4.69) is 27.9 Å². The topological polar surface area (TPSA) is 128 Å². The minimum absolute atomic E-state index is 0.0703. The lowest BCUT2D eigenvalue weighted by atomic mass is 9.73. The predicted octanol–water partition coefficient (Wildman–Crippen LogP) is 5.83. The molecule has 0 radical (unpaired) electrons. The van der Waals surface area contributed by atoms with E-state index in [0.29, 0.717) is 50.0 Å². The number of benzene rings is 2. The molecule has 0 spiro atoms. The minimum Gasteiger partial charge on any atom is -0.381 e. The molecule has 1 aliphatic heterocycles. The standard InChI is InChI=1S/C36H49ClN6O4/c1-7-38-32(44)29(22(3)4)41-33(45)36(17-19-47-20-18-36)23-13-14-26-27(21-23)40-31(39-26)30(42-34(46)43(6)8-2)28(35(5)15-16-35)24-11-9-10-12-25(24)37/h9-14,21-22,28-30H,7-8,15-20H2,1-6H3,(H,38,44)(H,39,40)(H,41,45)(H,42,46)/t28-,29+,30-/m0/s1. The number of hydrogen-bond donors (Lipinski definition) is 4. The Balaban J connectivity index is 1.56. The van der Waals surface area contributed by atoms with Gasteiger partial charge in [0.2, 0.25) is 11.8 Å². The molecular weight excluding hydrogens is 616 g/mol. The second-order valence-electron chi connectivity index (χ2n) is 13.7. The number of aromatic amines is 1. The molecule has 3 atom stereocenters. The van der Waals surface area contributed by atoms with Crippen molar-refractivity contribution in [2.75, 3.05) is 33.4 Å². The molecule has 1 saturated heterocycles. The van der Waals surface area contributed by atoms with Gasteiger partial charge in [-0.15, -0.1) is 0 Å². The van der Waals surface area contributed by atoms with Crippen molar-refractivity contribution in [3.63, 3.8) is 0 Å². The van der Waals surface area contributed by atoms with E-state index in [0.717, 1.165) is 35.0 Å². The number of ether oxygens (including phenoxy) is 1. The molecule has 2 aliphatic rings. The van der Waals surface area contributed by atoms with Crippen LogP contribution >= 0.6 is 11.6 Å². The fraction of sp³-hybridized carbons (Fsp3) is 0.556. The first kappa shape index (κ1) is 34.7. The number of nitrogens with one attached hydrogen (secondary N) is 4. The molecule has 1 saturated carbocycles. The molecule has 3 aromatic rings. The molecule has 0 unspecified atom stereocenters. The Labute approximate surface area is 282 Å². The largest absolute Gasteiger partial charge is 0.381 e. The summed E-state index contributed by atoms with van der Waals surface area (Å²) in [7, 11) is 1.77. The third kappa shape index (κ3) is 7.14. The summed E-state index contributed by atoms with van der Waals surface area (Å²) in [5, 5.41) is 9.89. The number of nitrogens with zero attached hydrogens (tertiary/aromatic N) is 2. The Morgan fingerprint density at radius 3 is 2.36 bits per heavy atom. The SMILES string of the molecule is CCNC(=O)[C@H](NC(=O)C1(c2ccc3nc([C@@H](NC(=O)N(C)CC)[C@H](c4ccccc4Cl)C4(C)CC4)[nH]c3c2)CCOCC1)C(C)C. The van der Waals surface area contributed by atoms with Crippen molar-refractivity contribution in [2.45, 2.75) is 83.7 Å². The molecular formula is C36H49ClN6O4. The van der Waals surface area contributed by atoms with Gasteiger partial charge >= 0.3 is 6.03 Å². The van der Waals surface area contributed by atoms with Crippen molar-refractivity contribution in [3.05, 3.63) is 64.4 Å². The summed E-state index contributed by atoms with van der Waals surface area (Å²) >= 11 is 6.81. The number of likely N-dealkylation sites (N-methyl/N-ethyl adjacent to an activating group) is 1. The summed E-state index contributed by atoms with van der Waals surface area (Å²) in [4.78, 5) is 50.7. The minimum atomic E-state index is -0.879. The number of rotatable bonds is 12. The van der Waals surface area contributed by atoms with E-state index in [1.165, 1.54) is 0 Å². The zero-order valence-electron chi connectivity index (χ0n) is 28.4. The maximum absolute atomic E-state index is 14.2. The third-order valence-corrected chi connectivity index (χ3v) is 10.5. The van der Waals surface area contributed by atoms with Crippen LogP contribution in [0.25, 0.3) is 11.0 Å². The zero-order chi connectivity index (χ0) is 33.9. The van der Waals surface area contributed by atoms with Gasteiger partial charge in [-0.2, -0.15) is 0 Å². The van der Waals surface area contributed by atoms with Crippen LogP contribution in [0.2, 0.25) is 5.02 Å². The van der Waals surface area contributed by atoms with Gasteiger partial charge in [-0.1, -0.05) is 56.6 Å². The van der Waals surface area contributed by atoms with E-state index in [1.54, 1.807) is 11.9 Å². The fourth-order valence-corrected chi connectivity index (χ4v) is 7.08. The van der Waals surface area contributed by atoms with Crippen molar-refractivity contribution in [3.8, 4) is 0 Å². The van der Waals surface area contributed by atoms with Gasteiger partial charge in [0, 0.05) is 44.3 Å². The molecule has 2 heterocycles. The van der Waals surface area contributed by atoms with E-state index < -0.39 is 17.5 Å². The van der Waals surface area contributed by atoms with Crippen LogP contribution in [0.15, 0.2) is 42.5 Å². The Hall–Kier alpha value is -3.63. The number of halogens is 1. The monoisotopic (exact) mass is 664 g/mol. The lowest BCUT2D eigenvalue weighted by Gasteiger charge is -2.37. The first-order valence-electron chi connectivity index (χ1n) is 16.9. The number of urea groups is 1. The number of imidazole rings is 1. The fourth-order valence-electron chi connectivity index (χ4n) is 6.83. The van der Waals surface area contributed by atoms with Crippen LogP contribution in [0.4, 0.5) is 4.79 Å².